The number of benzene rings is 2. The molecule has 0 aliphatic carbocycles. The fourth-order valence-electron chi connectivity index (χ4n) is 3.77. The van der Waals surface area contributed by atoms with Gasteiger partial charge in [-0.15, -0.1) is 0 Å². The van der Waals surface area contributed by atoms with E-state index in [0.29, 0.717) is 12.1 Å². The van der Waals surface area contributed by atoms with Crippen LogP contribution in [0.2, 0.25) is 0 Å². The van der Waals surface area contributed by atoms with Gasteiger partial charge in [0, 0.05) is 17.6 Å². The maximum atomic E-state index is 13.4. The lowest BCUT2D eigenvalue weighted by Crippen LogP contribution is -2.36. The summed E-state index contributed by atoms with van der Waals surface area (Å²) in [5, 5.41) is 7.08. The average molecular weight is 403 g/mol. The number of nitrogens with one attached hydrogen (secondary N) is 1. The van der Waals surface area contributed by atoms with E-state index in [4.69, 9.17) is 0 Å². The second kappa shape index (κ2) is 8.05. The maximum absolute atomic E-state index is 13.4. The number of Topliss-reactive ketones (excluding diaryl/α,β-unsaturated/α-hetero) is 1. The molecule has 1 aliphatic heterocycles. The van der Waals surface area contributed by atoms with Crippen molar-refractivity contribution in [2.24, 2.45) is 0 Å². The summed E-state index contributed by atoms with van der Waals surface area (Å²) in [7, 11) is 0. The molecule has 3 aromatic rings. The highest BCUT2D eigenvalue weighted by molar-refractivity contribution is 7.08. The Labute approximate surface area is 174 Å². The van der Waals surface area contributed by atoms with E-state index in [1.165, 1.54) is 6.92 Å². The fraction of sp³-hybridized carbons (Fsp3) is 0.167. The van der Waals surface area contributed by atoms with Crippen LogP contribution >= 0.6 is 11.3 Å². The minimum Gasteiger partial charge on any atom is -0.339 e. The van der Waals surface area contributed by atoms with Crippen molar-refractivity contribution in [3.63, 3.8) is 0 Å². The molecular formula is C24H22N2O2S. The molecule has 4 rings (SSSR count). The van der Waals surface area contributed by atoms with Crippen molar-refractivity contribution >= 4 is 34.3 Å². The number of allylic oxidation sites excluding steroid dienone is 1. The topological polar surface area (TPSA) is 49.4 Å². The van der Waals surface area contributed by atoms with E-state index in [1.807, 2.05) is 66.9 Å². The summed E-state index contributed by atoms with van der Waals surface area (Å²) in [6.07, 6.45) is 0. The molecule has 2 aromatic carbocycles. The molecule has 5 heteroatoms. The van der Waals surface area contributed by atoms with Crippen molar-refractivity contribution < 1.29 is 9.59 Å². The van der Waals surface area contributed by atoms with Crippen LogP contribution in [0.25, 0.3) is 5.57 Å². The Morgan fingerprint density at radius 2 is 1.76 bits per heavy atom. The number of carbonyl (C=O) groups excluding carboxylic acids is 2. The summed E-state index contributed by atoms with van der Waals surface area (Å²) in [6.45, 7) is 4.18. The quantitative estimate of drug-likeness (QED) is 0.657. The second-order valence-electron chi connectivity index (χ2n) is 7.11. The van der Waals surface area contributed by atoms with Gasteiger partial charge in [-0.25, -0.2) is 0 Å². The van der Waals surface area contributed by atoms with E-state index in [1.54, 1.807) is 11.3 Å². The third-order valence-corrected chi connectivity index (χ3v) is 5.91. The van der Waals surface area contributed by atoms with E-state index in [2.05, 4.69) is 21.7 Å². The minimum atomic E-state index is -0.673. The van der Waals surface area contributed by atoms with Crippen molar-refractivity contribution in [2.45, 2.75) is 26.4 Å². The zero-order valence-corrected chi connectivity index (χ0v) is 17.2. The monoisotopic (exact) mass is 402 g/mol. The van der Waals surface area contributed by atoms with E-state index in [-0.39, 0.29) is 11.7 Å². The number of amides is 1. The van der Waals surface area contributed by atoms with Crippen molar-refractivity contribution in [1.29, 1.82) is 0 Å². The number of rotatable bonds is 5. The summed E-state index contributed by atoms with van der Waals surface area (Å²) >= 11 is 1.63. The molecule has 0 saturated heterocycles. The number of nitrogens with zero attached hydrogens (tertiary/aromatic N) is 1. The molecule has 0 fully saturated rings. The van der Waals surface area contributed by atoms with Gasteiger partial charge in [0.15, 0.2) is 5.78 Å². The molecule has 0 saturated carbocycles. The number of anilines is 1. The highest BCUT2D eigenvalue weighted by Gasteiger charge is 2.29. The van der Waals surface area contributed by atoms with Gasteiger partial charge in [0.25, 0.3) is 5.91 Å². The molecule has 1 aliphatic rings. The van der Waals surface area contributed by atoms with Gasteiger partial charge in [-0.3, -0.25) is 9.59 Å². The summed E-state index contributed by atoms with van der Waals surface area (Å²) in [5.74, 6) is -0.333. The zero-order valence-electron chi connectivity index (χ0n) is 16.4. The molecular weight excluding hydrogens is 380 g/mol. The molecule has 0 radical (unpaired) electrons. The van der Waals surface area contributed by atoms with Gasteiger partial charge >= 0.3 is 0 Å². The Morgan fingerprint density at radius 3 is 2.45 bits per heavy atom. The van der Waals surface area contributed by atoms with Crippen molar-refractivity contribution in [3.05, 3.63) is 93.8 Å². The van der Waals surface area contributed by atoms with Gasteiger partial charge in [0.2, 0.25) is 0 Å². The van der Waals surface area contributed by atoms with Crippen LogP contribution in [0, 0.1) is 0 Å². The Hall–Kier alpha value is -3.18. The smallest absolute Gasteiger partial charge is 0.254 e. The zero-order chi connectivity index (χ0) is 20.4. The molecule has 0 bridgehead atoms. The van der Waals surface area contributed by atoms with Gasteiger partial charge in [-0.1, -0.05) is 54.6 Å². The van der Waals surface area contributed by atoms with Crippen LogP contribution in [0.15, 0.2) is 77.1 Å². The minimum absolute atomic E-state index is 0.0958. The Balaban J connectivity index is 1.74. The summed E-state index contributed by atoms with van der Waals surface area (Å²) < 4.78 is 0. The van der Waals surface area contributed by atoms with Gasteiger partial charge in [0.05, 0.1) is 11.3 Å². The highest BCUT2D eigenvalue weighted by Crippen LogP contribution is 2.36. The Bertz CT molecular complexity index is 1070. The molecule has 0 spiro atoms. The van der Waals surface area contributed by atoms with Crippen LogP contribution in [0.5, 0.6) is 0 Å². The molecule has 1 N–H and O–H groups in total. The maximum Gasteiger partial charge on any atom is 0.254 e. The summed E-state index contributed by atoms with van der Waals surface area (Å²) in [5.41, 5.74) is 5.36. The van der Waals surface area contributed by atoms with E-state index >= 15 is 0 Å². The van der Waals surface area contributed by atoms with E-state index < -0.39 is 6.04 Å². The first-order chi connectivity index (χ1) is 14.1. The highest BCUT2D eigenvalue weighted by atomic mass is 32.1. The van der Waals surface area contributed by atoms with Gasteiger partial charge < -0.3 is 10.2 Å². The molecule has 1 amide bonds. The normalized spacial score (nSPS) is 14.3. The Morgan fingerprint density at radius 1 is 1.03 bits per heavy atom. The standard InChI is InChI=1S/C24H22N2O2S/c1-16-22(24(28)25-23(17(2)27)18-8-4-3-5-9-18)21-11-7-6-10-19(21)14-26(16)20-12-13-29-15-20/h3-13,15,23H,14H2,1-2H3,(H,25,28)/t23-/m1/s1. The van der Waals surface area contributed by atoms with Crippen LogP contribution in [0.4, 0.5) is 5.69 Å². The first-order valence-corrected chi connectivity index (χ1v) is 10.5. The third kappa shape index (κ3) is 3.74. The number of hydrogen-bond acceptors (Lipinski definition) is 4. The molecule has 0 unspecified atom stereocenters. The summed E-state index contributed by atoms with van der Waals surface area (Å²) in [6, 6.07) is 18.7. The van der Waals surface area contributed by atoms with Crippen LogP contribution in [0.1, 0.15) is 36.6 Å². The molecule has 1 aromatic heterocycles. The Kier molecular flexibility index (Phi) is 5.32. The molecule has 146 valence electrons. The fourth-order valence-corrected chi connectivity index (χ4v) is 4.41. The lowest BCUT2D eigenvalue weighted by Gasteiger charge is -2.33. The van der Waals surface area contributed by atoms with E-state index in [0.717, 1.165) is 28.1 Å². The number of hydrogen-bond donors (Lipinski definition) is 1. The van der Waals surface area contributed by atoms with Crippen LogP contribution in [-0.2, 0) is 16.1 Å². The largest absolute Gasteiger partial charge is 0.339 e. The predicted molar refractivity (Wildman–Crippen MR) is 118 cm³/mol. The molecule has 1 atom stereocenters. The lowest BCUT2D eigenvalue weighted by molar-refractivity contribution is -0.124. The molecule has 29 heavy (non-hydrogen) atoms. The number of carbonyl (C=O) groups is 2. The number of fused-ring (bicyclic) bond motifs is 1. The van der Waals surface area contributed by atoms with Crippen LogP contribution < -0.4 is 10.2 Å². The van der Waals surface area contributed by atoms with Crippen LogP contribution in [-0.4, -0.2) is 11.7 Å². The molecule has 4 nitrogen and oxygen atoms in total. The third-order valence-electron chi connectivity index (χ3n) is 5.24. The first-order valence-electron chi connectivity index (χ1n) is 9.51. The SMILES string of the molecule is CC(=O)[C@@H](NC(=O)C1=C(C)N(c2ccsc2)Cc2ccccc21)c1ccccc1. The second-order valence-corrected chi connectivity index (χ2v) is 7.89. The van der Waals surface area contributed by atoms with Gasteiger partial charge in [0.1, 0.15) is 6.04 Å². The average Bonchev–Trinajstić information content (AvgIpc) is 3.26. The predicted octanol–water partition coefficient (Wildman–Crippen LogP) is 4.95. The van der Waals surface area contributed by atoms with Gasteiger partial charge in [-0.05, 0) is 42.0 Å². The first kappa shape index (κ1) is 19.2. The van der Waals surface area contributed by atoms with Crippen molar-refractivity contribution in [1.82, 2.24) is 5.32 Å². The summed E-state index contributed by atoms with van der Waals surface area (Å²) in [4.78, 5) is 27.9. The van der Waals surface area contributed by atoms with E-state index in [9.17, 15) is 9.59 Å². The van der Waals surface area contributed by atoms with Crippen LogP contribution in [0.3, 0.4) is 0 Å². The van der Waals surface area contributed by atoms with Gasteiger partial charge in [-0.2, -0.15) is 11.3 Å². The number of ketones is 1. The number of thiophene rings is 1. The van der Waals surface area contributed by atoms with Crippen molar-refractivity contribution in [2.75, 3.05) is 4.90 Å². The van der Waals surface area contributed by atoms with Crippen molar-refractivity contribution in [3.8, 4) is 0 Å². The lowest BCUT2D eigenvalue weighted by atomic mass is 9.92. The molecule has 2 heterocycles.